The molecule has 0 radical (unpaired) electrons. The number of aldehydes is 1. The summed E-state index contributed by atoms with van der Waals surface area (Å²) in [6.45, 7) is 2.27. The number of rotatable bonds is 16. The van der Waals surface area contributed by atoms with E-state index in [9.17, 15) is 4.79 Å². The van der Waals surface area contributed by atoms with E-state index in [-0.39, 0.29) is 0 Å². The van der Waals surface area contributed by atoms with Crippen LogP contribution in [0.2, 0.25) is 0 Å². The molecule has 0 aliphatic rings. The second-order valence-electron chi connectivity index (χ2n) is 5.97. The van der Waals surface area contributed by atoms with Crippen molar-refractivity contribution in [3.63, 3.8) is 0 Å². The fourth-order valence-electron chi connectivity index (χ4n) is 2.65. The van der Waals surface area contributed by atoms with Gasteiger partial charge in [0.1, 0.15) is 6.29 Å². The number of hydrogen-bond donors (Lipinski definition) is 0. The summed E-state index contributed by atoms with van der Waals surface area (Å²) in [5, 5.41) is 0. The highest BCUT2D eigenvalue weighted by molar-refractivity contribution is 5.65. The maximum Gasteiger partial charge on any atom is 0.146 e. The molecule has 0 aromatic carbocycles. The smallest absolute Gasteiger partial charge is 0.146 e. The van der Waals surface area contributed by atoms with E-state index in [0.717, 1.165) is 24.9 Å². The lowest BCUT2D eigenvalue weighted by molar-refractivity contribution is -0.104. The van der Waals surface area contributed by atoms with Crippen molar-refractivity contribution in [2.75, 3.05) is 7.11 Å². The van der Waals surface area contributed by atoms with Crippen molar-refractivity contribution < 1.29 is 9.53 Å². The average Bonchev–Trinajstić information content (AvgIpc) is 2.50. The molecule has 0 atom stereocenters. The van der Waals surface area contributed by atoms with Gasteiger partial charge in [0.15, 0.2) is 0 Å². The lowest BCUT2D eigenvalue weighted by Gasteiger charge is -2.05. The average molecular weight is 296 g/mol. The summed E-state index contributed by atoms with van der Waals surface area (Å²) in [6.07, 6.45) is 21.0. The van der Waals surface area contributed by atoms with Crippen LogP contribution in [0.15, 0.2) is 11.8 Å². The molecule has 0 saturated heterocycles. The van der Waals surface area contributed by atoms with Gasteiger partial charge in [0, 0.05) is 12.5 Å². The van der Waals surface area contributed by atoms with Gasteiger partial charge in [-0.05, 0) is 6.42 Å². The van der Waals surface area contributed by atoms with Crippen molar-refractivity contribution in [1.82, 2.24) is 0 Å². The molecule has 0 spiro atoms. The molecule has 0 aliphatic heterocycles. The Morgan fingerprint density at radius 3 is 1.57 bits per heavy atom. The Hall–Kier alpha value is -0.790. The molecular formula is C19H36O2. The quantitative estimate of drug-likeness (QED) is 0.147. The Balaban J connectivity index is 3.15. The van der Waals surface area contributed by atoms with E-state index in [4.69, 9.17) is 4.74 Å². The van der Waals surface area contributed by atoms with Gasteiger partial charge in [0.25, 0.3) is 0 Å². The lowest BCUT2D eigenvalue weighted by Crippen LogP contribution is -1.89. The van der Waals surface area contributed by atoms with Crippen LogP contribution in [0.25, 0.3) is 0 Å². The zero-order valence-corrected chi connectivity index (χ0v) is 14.4. The third-order valence-corrected chi connectivity index (χ3v) is 4.04. The topological polar surface area (TPSA) is 26.3 Å². The minimum Gasteiger partial charge on any atom is -0.501 e. The van der Waals surface area contributed by atoms with E-state index >= 15 is 0 Å². The fourth-order valence-corrected chi connectivity index (χ4v) is 2.65. The molecule has 0 fully saturated rings. The number of methoxy groups -OCH3 is 1. The molecule has 0 aromatic heterocycles. The largest absolute Gasteiger partial charge is 0.501 e. The van der Waals surface area contributed by atoms with Crippen LogP contribution in [0.5, 0.6) is 0 Å². The van der Waals surface area contributed by atoms with Crippen LogP contribution >= 0.6 is 0 Å². The van der Waals surface area contributed by atoms with Gasteiger partial charge in [-0.2, -0.15) is 0 Å². The van der Waals surface area contributed by atoms with Gasteiger partial charge in [-0.1, -0.05) is 84.0 Å². The predicted octanol–water partition coefficient (Wildman–Crippen LogP) is 6.20. The van der Waals surface area contributed by atoms with Gasteiger partial charge in [0.2, 0.25) is 0 Å². The minimum atomic E-state index is 0.807. The molecule has 2 heteroatoms. The number of unbranched alkanes of at least 4 members (excludes halogenated alkanes) is 12. The van der Waals surface area contributed by atoms with E-state index in [1.54, 1.807) is 7.11 Å². The van der Waals surface area contributed by atoms with Gasteiger partial charge < -0.3 is 4.74 Å². The van der Waals surface area contributed by atoms with Crippen molar-refractivity contribution in [2.45, 2.75) is 96.8 Å². The summed E-state index contributed by atoms with van der Waals surface area (Å²) >= 11 is 0. The second-order valence-corrected chi connectivity index (χ2v) is 5.97. The molecule has 0 aliphatic carbocycles. The van der Waals surface area contributed by atoms with Crippen molar-refractivity contribution in [3.05, 3.63) is 11.8 Å². The van der Waals surface area contributed by atoms with Crippen LogP contribution in [0.1, 0.15) is 96.8 Å². The Kier molecular flexibility index (Phi) is 16.6. The Morgan fingerprint density at radius 2 is 1.19 bits per heavy atom. The molecule has 0 amide bonds. The van der Waals surface area contributed by atoms with Crippen molar-refractivity contribution in [2.24, 2.45) is 0 Å². The Labute approximate surface area is 132 Å². The number of ether oxygens (including phenoxy) is 1. The summed E-state index contributed by atoms with van der Waals surface area (Å²) in [5.74, 6) is 0.813. The number of hydrogen-bond acceptors (Lipinski definition) is 2. The minimum absolute atomic E-state index is 0.807. The first kappa shape index (κ1) is 20.2. The highest BCUT2D eigenvalue weighted by atomic mass is 16.5. The van der Waals surface area contributed by atoms with Gasteiger partial charge >= 0.3 is 0 Å². The second kappa shape index (κ2) is 17.3. The molecule has 0 bridgehead atoms. The zero-order valence-electron chi connectivity index (χ0n) is 14.4. The van der Waals surface area contributed by atoms with Crippen LogP contribution in [-0.2, 0) is 9.53 Å². The first-order valence-corrected chi connectivity index (χ1v) is 9.03. The van der Waals surface area contributed by atoms with Crippen LogP contribution in [0, 0.1) is 0 Å². The van der Waals surface area contributed by atoms with Crippen molar-refractivity contribution in [1.29, 1.82) is 0 Å². The summed E-state index contributed by atoms with van der Waals surface area (Å²) in [4.78, 5) is 10.4. The normalized spacial score (nSPS) is 11.6. The van der Waals surface area contributed by atoms with Crippen molar-refractivity contribution in [3.8, 4) is 0 Å². The molecule has 0 N–H and O–H groups in total. The summed E-state index contributed by atoms with van der Waals surface area (Å²) in [7, 11) is 1.64. The van der Waals surface area contributed by atoms with Crippen LogP contribution in [-0.4, -0.2) is 13.4 Å². The first-order chi connectivity index (χ1) is 10.3. The van der Waals surface area contributed by atoms with Gasteiger partial charge in [-0.15, -0.1) is 0 Å². The van der Waals surface area contributed by atoms with Crippen LogP contribution in [0.4, 0.5) is 0 Å². The Bertz CT molecular complexity index is 246. The summed E-state index contributed by atoms with van der Waals surface area (Å²) in [5.41, 5.74) is 0. The number of carbonyl (C=O) groups is 1. The molecule has 21 heavy (non-hydrogen) atoms. The van der Waals surface area contributed by atoms with Gasteiger partial charge in [0.05, 0.1) is 12.9 Å². The standard InChI is InChI=1S/C19H36O2/c1-3-4-5-6-7-8-9-10-11-12-13-14-15-16-19(21-2)17-18-20/h17-18H,3-16H2,1-2H3/b19-17+. The Morgan fingerprint density at radius 1 is 0.762 bits per heavy atom. The maximum absolute atomic E-state index is 10.4. The fraction of sp³-hybridized carbons (Fsp3) is 0.842. The van der Waals surface area contributed by atoms with Gasteiger partial charge in [-0.3, -0.25) is 4.79 Å². The van der Waals surface area contributed by atoms with E-state index < -0.39 is 0 Å². The molecule has 124 valence electrons. The van der Waals surface area contributed by atoms with E-state index in [0.29, 0.717) is 0 Å². The molecule has 2 nitrogen and oxygen atoms in total. The number of carbonyl (C=O) groups excluding carboxylic acids is 1. The molecule has 0 saturated carbocycles. The molecular weight excluding hydrogens is 260 g/mol. The first-order valence-electron chi connectivity index (χ1n) is 9.03. The lowest BCUT2D eigenvalue weighted by atomic mass is 10.0. The monoisotopic (exact) mass is 296 g/mol. The highest BCUT2D eigenvalue weighted by Gasteiger charge is 1.97. The van der Waals surface area contributed by atoms with Crippen molar-refractivity contribution >= 4 is 6.29 Å². The van der Waals surface area contributed by atoms with Crippen LogP contribution < -0.4 is 0 Å². The van der Waals surface area contributed by atoms with E-state index in [1.165, 1.54) is 83.1 Å². The van der Waals surface area contributed by atoms with E-state index in [1.807, 2.05) is 0 Å². The summed E-state index contributed by atoms with van der Waals surface area (Å²) < 4.78 is 5.13. The molecule has 0 rings (SSSR count). The maximum atomic E-state index is 10.4. The molecule has 0 unspecified atom stereocenters. The highest BCUT2D eigenvalue weighted by Crippen LogP contribution is 2.14. The van der Waals surface area contributed by atoms with Gasteiger partial charge in [-0.25, -0.2) is 0 Å². The third kappa shape index (κ3) is 15.4. The predicted molar refractivity (Wildman–Crippen MR) is 91.5 cm³/mol. The zero-order chi connectivity index (χ0) is 15.6. The van der Waals surface area contributed by atoms with E-state index in [2.05, 4.69) is 6.92 Å². The third-order valence-electron chi connectivity index (χ3n) is 4.04. The number of allylic oxidation sites excluding steroid dienone is 2. The van der Waals surface area contributed by atoms with Crippen LogP contribution in [0.3, 0.4) is 0 Å². The molecule has 0 heterocycles. The summed E-state index contributed by atoms with van der Waals surface area (Å²) in [6, 6.07) is 0. The molecule has 0 aromatic rings. The SMILES string of the molecule is CCCCCCCCCCCCCCC/C(=C\C=O)OC.